The third-order valence-corrected chi connectivity index (χ3v) is 4.92. The number of urea groups is 1. The summed E-state index contributed by atoms with van der Waals surface area (Å²) < 4.78 is 5.42. The molecule has 0 spiro atoms. The molecule has 1 aromatic rings. The van der Waals surface area contributed by atoms with Crippen LogP contribution in [0, 0.1) is 5.92 Å². The fraction of sp³-hybridized carbons (Fsp3) is 0.444. The van der Waals surface area contributed by atoms with Crippen molar-refractivity contribution in [1.29, 1.82) is 0 Å². The molecule has 1 unspecified atom stereocenters. The number of amides is 2. The van der Waals surface area contributed by atoms with E-state index in [9.17, 15) is 9.59 Å². The van der Waals surface area contributed by atoms with Crippen molar-refractivity contribution < 1.29 is 14.3 Å². The SMILES string of the molecule is CC1=C(C(=O)OCCC(C)C)C(c2ccc(Cl)c(Cl)c2)NC(=O)N1C. The zero-order chi connectivity index (χ0) is 18.7. The molecule has 136 valence electrons. The number of benzene rings is 1. The van der Waals surface area contributed by atoms with Gasteiger partial charge in [0.1, 0.15) is 0 Å². The number of carbonyl (C=O) groups is 2. The molecule has 25 heavy (non-hydrogen) atoms. The predicted octanol–water partition coefficient (Wildman–Crippen LogP) is 4.55. The lowest BCUT2D eigenvalue weighted by molar-refractivity contribution is -0.140. The van der Waals surface area contributed by atoms with Crippen molar-refractivity contribution in [3.05, 3.63) is 45.1 Å². The lowest BCUT2D eigenvalue weighted by Gasteiger charge is -2.33. The Labute approximate surface area is 157 Å². The van der Waals surface area contributed by atoms with E-state index in [0.29, 0.717) is 39.4 Å². The summed E-state index contributed by atoms with van der Waals surface area (Å²) in [6.45, 7) is 6.18. The molecule has 1 aliphatic heterocycles. The van der Waals surface area contributed by atoms with Crippen LogP contribution in [0.1, 0.15) is 38.8 Å². The topological polar surface area (TPSA) is 58.6 Å². The van der Waals surface area contributed by atoms with Gasteiger partial charge in [0.15, 0.2) is 0 Å². The maximum atomic E-state index is 12.7. The van der Waals surface area contributed by atoms with E-state index < -0.39 is 12.0 Å². The highest BCUT2D eigenvalue weighted by molar-refractivity contribution is 6.42. The van der Waals surface area contributed by atoms with Crippen molar-refractivity contribution in [2.24, 2.45) is 5.92 Å². The van der Waals surface area contributed by atoms with Crippen LogP contribution >= 0.6 is 23.2 Å². The first-order valence-electron chi connectivity index (χ1n) is 8.09. The lowest BCUT2D eigenvalue weighted by atomic mass is 9.95. The first-order chi connectivity index (χ1) is 11.7. The largest absolute Gasteiger partial charge is 0.462 e. The monoisotopic (exact) mass is 384 g/mol. The Morgan fingerprint density at radius 2 is 2.00 bits per heavy atom. The molecule has 1 aliphatic rings. The second-order valence-corrected chi connectivity index (χ2v) is 7.25. The minimum Gasteiger partial charge on any atom is -0.462 e. The van der Waals surface area contributed by atoms with Crippen molar-refractivity contribution in [3.8, 4) is 0 Å². The van der Waals surface area contributed by atoms with Crippen LogP contribution in [-0.4, -0.2) is 30.6 Å². The molecule has 2 rings (SSSR count). The van der Waals surface area contributed by atoms with Gasteiger partial charge in [-0.15, -0.1) is 0 Å². The second-order valence-electron chi connectivity index (χ2n) is 6.43. The van der Waals surface area contributed by atoms with Crippen LogP contribution in [0.5, 0.6) is 0 Å². The van der Waals surface area contributed by atoms with E-state index >= 15 is 0 Å². The Morgan fingerprint density at radius 1 is 1.32 bits per heavy atom. The Bertz CT molecular complexity index is 716. The van der Waals surface area contributed by atoms with Gasteiger partial charge in [-0.1, -0.05) is 43.1 Å². The summed E-state index contributed by atoms with van der Waals surface area (Å²) in [7, 11) is 1.61. The fourth-order valence-electron chi connectivity index (χ4n) is 2.51. The van der Waals surface area contributed by atoms with Crippen LogP contribution in [0.3, 0.4) is 0 Å². The van der Waals surface area contributed by atoms with Crippen molar-refractivity contribution in [2.45, 2.75) is 33.2 Å². The molecule has 0 aromatic heterocycles. The van der Waals surface area contributed by atoms with Crippen LogP contribution < -0.4 is 5.32 Å². The average Bonchev–Trinajstić information content (AvgIpc) is 2.54. The number of esters is 1. The number of nitrogens with zero attached hydrogens (tertiary/aromatic N) is 1. The standard InChI is InChI=1S/C18H22Cl2N2O3/c1-10(2)7-8-25-17(23)15-11(3)22(4)18(24)21-16(15)12-5-6-13(19)14(20)9-12/h5-6,9-10,16H,7-8H2,1-4H3,(H,21,24). The molecule has 0 saturated carbocycles. The number of hydrogen-bond donors (Lipinski definition) is 1. The van der Waals surface area contributed by atoms with Crippen LogP contribution in [0.2, 0.25) is 10.0 Å². The van der Waals surface area contributed by atoms with E-state index in [2.05, 4.69) is 19.2 Å². The Hall–Kier alpha value is -1.72. The number of halogens is 2. The van der Waals surface area contributed by atoms with Crippen LogP contribution in [-0.2, 0) is 9.53 Å². The van der Waals surface area contributed by atoms with Crippen LogP contribution in [0.4, 0.5) is 4.79 Å². The van der Waals surface area contributed by atoms with Crippen molar-refractivity contribution in [3.63, 3.8) is 0 Å². The van der Waals surface area contributed by atoms with Crippen molar-refractivity contribution in [2.75, 3.05) is 13.7 Å². The smallest absolute Gasteiger partial charge is 0.338 e. The summed E-state index contributed by atoms with van der Waals surface area (Å²) in [6.07, 6.45) is 0.776. The fourth-order valence-corrected chi connectivity index (χ4v) is 2.81. The number of ether oxygens (including phenoxy) is 1. The van der Waals surface area contributed by atoms with Gasteiger partial charge in [0, 0.05) is 12.7 Å². The van der Waals surface area contributed by atoms with Crippen molar-refractivity contribution in [1.82, 2.24) is 10.2 Å². The number of allylic oxidation sites excluding steroid dienone is 1. The van der Waals surface area contributed by atoms with E-state index in [4.69, 9.17) is 27.9 Å². The van der Waals surface area contributed by atoms with Crippen molar-refractivity contribution >= 4 is 35.2 Å². The summed E-state index contributed by atoms with van der Waals surface area (Å²) in [5, 5.41) is 3.58. The molecule has 7 heteroatoms. The number of carbonyl (C=O) groups excluding carboxylic acids is 2. The van der Waals surface area contributed by atoms with E-state index in [1.165, 1.54) is 4.90 Å². The third-order valence-electron chi connectivity index (χ3n) is 4.18. The van der Waals surface area contributed by atoms with Gasteiger partial charge in [-0.3, -0.25) is 0 Å². The molecule has 0 bridgehead atoms. The Balaban J connectivity index is 2.36. The van der Waals surface area contributed by atoms with Gasteiger partial charge >= 0.3 is 12.0 Å². The van der Waals surface area contributed by atoms with Crippen LogP contribution in [0.25, 0.3) is 0 Å². The zero-order valence-corrected chi connectivity index (χ0v) is 16.2. The van der Waals surface area contributed by atoms with Crippen LogP contribution in [0.15, 0.2) is 29.5 Å². The molecule has 0 radical (unpaired) electrons. The van der Waals surface area contributed by atoms with Gasteiger partial charge in [-0.05, 0) is 37.0 Å². The highest BCUT2D eigenvalue weighted by Crippen LogP contribution is 2.33. The maximum absolute atomic E-state index is 12.7. The molecule has 1 atom stereocenters. The van der Waals surface area contributed by atoms with Gasteiger partial charge in [0.2, 0.25) is 0 Å². The second kappa shape index (κ2) is 8.11. The molecule has 5 nitrogen and oxygen atoms in total. The summed E-state index contributed by atoms with van der Waals surface area (Å²) in [5.74, 6) is -0.0106. The Morgan fingerprint density at radius 3 is 2.60 bits per heavy atom. The highest BCUT2D eigenvalue weighted by Gasteiger charge is 2.35. The summed E-state index contributed by atoms with van der Waals surface area (Å²) in [5.41, 5.74) is 1.62. The normalized spacial score (nSPS) is 17.8. The number of rotatable bonds is 5. The number of nitrogens with one attached hydrogen (secondary N) is 1. The van der Waals surface area contributed by atoms with E-state index in [1.807, 2.05) is 0 Å². The zero-order valence-electron chi connectivity index (χ0n) is 14.7. The lowest BCUT2D eigenvalue weighted by Crippen LogP contribution is -2.46. The number of hydrogen-bond acceptors (Lipinski definition) is 3. The molecule has 1 N–H and O–H groups in total. The molecule has 1 aromatic carbocycles. The van der Waals surface area contributed by atoms with Gasteiger partial charge in [0.05, 0.1) is 28.3 Å². The minimum atomic E-state index is -0.634. The van der Waals surface area contributed by atoms with Gasteiger partial charge in [-0.25, -0.2) is 9.59 Å². The molecule has 0 aliphatic carbocycles. The highest BCUT2D eigenvalue weighted by atomic mass is 35.5. The van der Waals surface area contributed by atoms with E-state index in [0.717, 1.165) is 6.42 Å². The average molecular weight is 385 g/mol. The first kappa shape index (κ1) is 19.6. The summed E-state index contributed by atoms with van der Waals surface area (Å²) in [6, 6.07) is 4.09. The van der Waals surface area contributed by atoms with E-state index in [-0.39, 0.29) is 6.03 Å². The molecular formula is C18H22Cl2N2O3. The first-order valence-corrected chi connectivity index (χ1v) is 8.85. The third kappa shape index (κ3) is 4.47. The summed E-state index contributed by atoms with van der Waals surface area (Å²) >= 11 is 12.1. The molecule has 0 saturated heterocycles. The van der Waals surface area contributed by atoms with Gasteiger partial charge in [-0.2, -0.15) is 0 Å². The molecule has 2 amide bonds. The molecule has 0 fully saturated rings. The van der Waals surface area contributed by atoms with Gasteiger partial charge in [0.25, 0.3) is 0 Å². The minimum absolute atomic E-state index is 0.299. The van der Waals surface area contributed by atoms with Gasteiger partial charge < -0.3 is 15.0 Å². The quantitative estimate of drug-likeness (QED) is 0.757. The summed E-state index contributed by atoms with van der Waals surface area (Å²) in [4.78, 5) is 26.2. The molecular weight excluding hydrogens is 363 g/mol. The van der Waals surface area contributed by atoms with E-state index in [1.54, 1.807) is 32.2 Å². The molecule has 1 heterocycles. The predicted molar refractivity (Wildman–Crippen MR) is 98.6 cm³/mol. The Kier molecular flexibility index (Phi) is 6.36. The maximum Gasteiger partial charge on any atom is 0.338 e.